The van der Waals surface area contributed by atoms with Gasteiger partial charge in [0, 0.05) is 25.1 Å². The minimum Gasteiger partial charge on any atom is -0.330 e. The van der Waals surface area contributed by atoms with Crippen LogP contribution < -0.4 is 10.2 Å². The van der Waals surface area contributed by atoms with Crippen molar-refractivity contribution in [3.63, 3.8) is 0 Å². The average Bonchev–Trinajstić information content (AvgIpc) is 2.50. The maximum Gasteiger partial charge on any atom is 0.100 e. The van der Waals surface area contributed by atoms with E-state index < -0.39 is 0 Å². The monoisotopic (exact) mass is 173 g/mol. The van der Waals surface area contributed by atoms with E-state index in [1.807, 2.05) is 4.90 Å². The summed E-state index contributed by atoms with van der Waals surface area (Å²) in [7, 11) is 0. The molecule has 0 radical (unpaired) electrons. The van der Waals surface area contributed by atoms with Crippen LogP contribution in [0, 0.1) is 0 Å². The molecule has 0 aromatic carbocycles. The topological polar surface area (TPSA) is 16.5 Å². The Morgan fingerprint density at radius 3 is 3.27 bits per heavy atom. The SMILES string of the molecule is SC[C@H]1C[NH+]2CCC[C@H]2CN1. The van der Waals surface area contributed by atoms with Crippen molar-refractivity contribution in [3.05, 3.63) is 0 Å². The van der Waals surface area contributed by atoms with Crippen molar-refractivity contribution >= 4 is 12.6 Å². The van der Waals surface area contributed by atoms with Gasteiger partial charge < -0.3 is 10.2 Å². The Morgan fingerprint density at radius 1 is 1.55 bits per heavy atom. The summed E-state index contributed by atoms with van der Waals surface area (Å²) in [5.74, 6) is 0.996. The van der Waals surface area contributed by atoms with E-state index in [-0.39, 0.29) is 0 Å². The van der Waals surface area contributed by atoms with E-state index in [9.17, 15) is 0 Å². The first-order valence-corrected chi connectivity index (χ1v) is 5.22. The van der Waals surface area contributed by atoms with Gasteiger partial charge in [0.2, 0.25) is 0 Å². The van der Waals surface area contributed by atoms with Crippen LogP contribution in [0.3, 0.4) is 0 Å². The van der Waals surface area contributed by atoms with Crippen molar-refractivity contribution < 1.29 is 4.90 Å². The first kappa shape index (κ1) is 7.90. The molecule has 2 N–H and O–H groups in total. The summed E-state index contributed by atoms with van der Waals surface area (Å²) in [4.78, 5) is 1.82. The molecule has 3 atom stereocenters. The zero-order chi connectivity index (χ0) is 7.68. The number of rotatable bonds is 1. The summed E-state index contributed by atoms with van der Waals surface area (Å²) in [5, 5.41) is 3.54. The molecule has 0 saturated carbocycles. The minimum atomic E-state index is 0.669. The van der Waals surface area contributed by atoms with E-state index in [2.05, 4.69) is 17.9 Å². The van der Waals surface area contributed by atoms with Crippen LogP contribution in [0.2, 0.25) is 0 Å². The predicted octanol–water partition coefficient (Wildman–Crippen LogP) is -1.06. The quantitative estimate of drug-likeness (QED) is 0.431. The summed E-state index contributed by atoms with van der Waals surface area (Å²) in [6.07, 6.45) is 2.86. The number of piperazine rings is 1. The Hall–Kier alpha value is 0.270. The molecule has 1 unspecified atom stereocenters. The Bertz CT molecular complexity index is 140. The van der Waals surface area contributed by atoms with Gasteiger partial charge in [-0.15, -0.1) is 0 Å². The highest BCUT2D eigenvalue weighted by molar-refractivity contribution is 7.80. The number of fused-ring (bicyclic) bond motifs is 1. The highest BCUT2D eigenvalue weighted by atomic mass is 32.1. The number of thiol groups is 1. The zero-order valence-electron chi connectivity index (χ0n) is 6.84. The molecule has 0 spiro atoms. The summed E-state index contributed by atoms with van der Waals surface area (Å²) < 4.78 is 0. The van der Waals surface area contributed by atoms with Crippen molar-refractivity contribution in [3.8, 4) is 0 Å². The Morgan fingerprint density at radius 2 is 2.45 bits per heavy atom. The second-order valence-corrected chi connectivity index (χ2v) is 4.10. The number of quaternary nitrogens is 1. The van der Waals surface area contributed by atoms with Crippen molar-refractivity contribution in [2.24, 2.45) is 0 Å². The molecule has 2 aliphatic heterocycles. The van der Waals surface area contributed by atoms with Crippen LogP contribution in [-0.4, -0.2) is 37.5 Å². The molecule has 11 heavy (non-hydrogen) atoms. The fraction of sp³-hybridized carbons (Fsp3) is 1.00. The van der Waals surface area contributed by atoms with Crippen LogP contribution in [-0.2, 0) is 0 Å². The lowest BCUT2D eigenvalue weighted by Crippen LogP contribution is -3.17. The highest BCUT2D eigenvalue weighted by Gasteiger charge is 2.34. The van der Waals surface area contributed by atoms with Gasteiger partial charge in [0.25, 0.3) is 0 Å². The number of hydrogen-bond donors (Lipinski definition) is 3. The fourth-order valence-electron chi connectivity index (χ4n) is 2.33. The molecular weight excluding hydrogens is 156 g/mol. The summed E-state index contributed by atoms with van der Waals surface area (Å²) in [6, 6.07) is 1.59. The standard InChI is InChI=1S/C8H16N2S/c11-6-7-5-10-3-1-2-8(10)4-9-7/h7-9,11H,1-6H2/p+1/t7-,8+/m1/s1. The minimum absolute atomic E-state index is 0.669. The van der Waals surface area contributed by atoms with Gasteiger partial charge in [-0.3, -0.25) is 0 Å². The third kappa shape index (κ3) is 1.55. The average molecular weight is 173 g/mol. The molecule has 0 aliphatic carbocycles. The molecule has 2 fully saturated rings. The summed E-state index contributed by atoms with van der Waals surface area (Å²) in [5.41, 5.74) is 0. The van der Waals surface area contributed by atoms with Gasteiger partial charge in [-0.1, -0.05) is 0 Å². The van der Waals surface area contributed by atoms with Gasteiger partial charge >= 0.3 is 0 Å². The van der Waals surface area contributed by atoms with Crippen LogP contribution in [0.4, 0.5) is 0 Å². The van der Waals surface area contributed by atoms with Gasteiger partial charge in [0.15, 0.2) is 0 Å². The highest BCUT2D eigenvalue weighted by Crippen LogP contribution is 2.03. The lowest BCUT2D eigenvalue weighted by Gasteiger charge is -2.32. The maximum atomic E-state index is 4.32. The lowest BCUT2D eigenvalue weighted by atomic mass is 10.1. The van der Waals surface area contributed by atoms with E-state index in [0.29, 0.717) is 6.04 Å². The van der Waals surface area contributed by atoms with Gasteiger partial charge in [0.1, 0.15) is 6.04 Å². The third-order valence-corrected chi connectivity index (χ3v) is 3.45. The molecule has 0 aromatic rings. The fourth-order valence-corrected chi connectivity index (χ4v) is 2.58. The molecule has 3 heteroatoms. The first-order valence-electron chi connectivity index (χ1n) is 4.59. The van der Waals surface area contributed by atoms with E-state index in [0.717, 1.165) is 11.8 Å². The van der Waals surface area contributed by atoms with Gasteiger partial charge in [0.05, 0.1) is 19.1 Å². The summed E-state index contributed by atoms with van der Waals surface area (Å²) >= 11 is 4.32. The molecule has 0 amide bonds. The van der Waals surface area contributed by atoms with E-state index in [1.54, 1.807) is 0 Å². The molecule has 2 aliphatic rings. The second kappa shape index (κ2) is 3.33. The second-order valence-electron chi connectivity index (χ2n) is 3.74. The predicted molar refractivity (Wildman–Crippen MR) is 49.4 cm³/mol. The normalized spacial score (nSPS) is 43.9. The smallest absolute Gasteiger partial charge is 0.100 e. The number of hydrogen-bond acceptors (Lipinski definition) is 2. The Balaban J connectivity index is 1.91. The van der Waals surface area contributed by atoms with Crippen LogP contribution in [0.5, 0.6) is 0 Å². The zero-order valence-corrected chi connectivity index (χ0v) is 7.74. The van der Waals surface area contributed by atoms with Gasteiger partial charge in [-0.25, -0.2) is 0 Å². The van der Waals surface area contributed by atoms with Crippen molar-refractivity contribution in [2.75, 3.05) is 25.4 Å². The molecule has 0 bridgehead atoms. The summed E-state index contributed by atoms with van der Waals surface area (Å²) in [6.45, 7) is 3.92. The largest absolute Gasteiger partial charge is 0.330 e. The molecule has 2 rings (SSSR count). The molecule has 2 saturated heterocycles. The van der Waals surface area contributed by atoms with E-state index in [1.165, 1.54) is 32.5 Å². The van der Waals surface area contributed by atoms with E-state index in [4.69, 9.17) is 0 Å². The Labute approximate surface area is 73.7 Å². The maximum absolute atomic E-state index is 4.32. The van der Waals surface area contributed by atoms with Gasteiger partial charge in [-0.2, -0.15) is 12.6 Å². The molecule has 2 nitrogen and oxygen atoms in total. The third-order valence-electron chi connectivity index (χ3n) is 3.01. The van der Waals surface area contributed by atoms with Crippen LogP contribution in [0.15, 0.2) is 0 Å². The van der Waals surface area contributed by atoms with Crippen LogP contribution in [0.1, 0.15) is 12.8 Å². The Kier molecular flexibility index (Phi) is 2.39. The van der Waals surface area contributed by atoms with Crippen molar-refractivity contribution in [1.29, 1.82) is 0 Å². The van der Waals surface area contributed by atoms with Crippen LogP contribution >= 0.6 is 12.6 Å². The molecule has 0 aromatic heterocycles. The first-order chi connectivity index (χ1) is 5.40. The number of nitrogens with one attached hydrogen (secondary N) is 2. The van der Waals surface area contributed by atoms with E-state index >= 15 is 0 Å². The van der Waals surface area contributed by atoms with Crippen molar-refractivity contribution in [2.45, 2.75) is 24.9 Å². The molecule has 64 valence electrons. The molecule has 2 heterocycles. The van der Waals surface area contributed by atoms with Crippen molar-refractivity contribution in [1.82, 2.24) is 5.32 Å². The molecular formula is C8H17N2S+. The lowest BCUT2D eigenvalue weighted by molar-refractivity contribution is -0.916. The van der Waals surface area contributed by atoms with Crippen LogP contribution in [0.25, 0.3) is 0 Å². The van der Waals surface area contributed by atoms with Gasteiger partial charge in [-0.05, 0) is 0 Å².